The van der Waals surface area contributed by atoms with Crippen LogP contribution in [0.15, 0.2) is 53.6 Å². The molecule has 3 rings (SSSR count). The smallest absolute Gasteiger partial charge is 0.330 e. The Kier molecular flexibility index (Phi) is 6.07. The molecule has 3 aromatic rings. The van der Waals surface area contributed by atoms with Gasteiger partial charge in [0.2, 0.25) is 5.82 Å². The predicted molar refractivity (Wildman–Crippen MR) is 109 cm³/mol. The van der Waals surface area contributed by atoms with Crippen LogP contribution in [-0.2, 0) is 22.6 Å². The molecule has 1 aromatic heterocycles. The number of amides is 1. The standard InChI is InChI=1S/C20H19F3N4O3S/c1-3-13-6-9-15(25-18(28)16-11-24-19(26-16)20(21,22)23)10-17(13)31(29,30)27-14-7-4-12(2)5-8-14/h4-11,27H,3H2,1-2H3,(H,24,26)(H,25,28). The second kappa shape index (κ2) is 8.42. The third-order valence-corrected chi connectivity index (χ3v) is 5.85. The zero-order valence-corrected chi connectivity index (χ0v) is 17.4. The summed E-state index contributed by atoms with van der Waals surface area (Å²) < 4.78 is 66.3. The molecular formula is C20H19F3N4O3S. The van der Waals surface area contributed by atoms with Crippen molar-refractivity contribution in [2.45, 2.75) is 31.3 Å². The van der Waals surface area contributed by atoms with Gasteiger partial charge in [0.1, 0.15) is 5.69 Å². The van der Waals surface area contributed by atoms with Crippen LogP contribution in [0.1, 0.15) is 34.4 Å². The van der Waals surface area contributed by atoms with E-state index in [-0.39, 0.29) is 10.6 Å². The number of carbonyl (C=O) groups is 1. The zero-order chi connectivity index (χ0) is 22.8. The Balaban J connectivity index is 1.87. The molecule has 7 nitrogen and oxygen atoms in total. The SMILES string of the molecule is CCc1ccc(NC(=O)c2cnc(C(F)(F)F)[nH]2)cc1S(=O)(=O)Nc1ccc(C)cc1. The summed E-state index contributed by atoms with van der Waals surface area (Å²) >= 11 is 0. The van der Waals surface area contributed by atoms with Gasteiger partial charge in [-0.15, -0.1) is 0 Å². The average molecular weight is 452 g/mol. The van der Waals surface area contributed by atoms with Crippen LogP contribution in [0.25, 0.3) is 0 Å². The minimum Gasteiger partial charge on any atom is -0.330 e. The van der Waals surface area contributed by atoms with Crippen molar-refractivity contribution in [3.05, 3.63) is 71.3 Å². The van der Waals surface area contributed by atoms with E-state index in [1.807, 2.05) is 11.9 Å². The van der Waals surface area contributed by atoms with Crippen LogP contribution in [-0.4, -0.2) is 24.3 Å². The number of benzene rings is 2. The lowest BCUT2D eigenvalue weighted by Crippen LogP contribution is -2.17. The van der Waals surface area contributed by atoms with Crippen molar-refractivity contribution in [3.8, 4) is 0 Å². The Morgan fingerprint density at radius 2 is 1.74 bits per heavy atom. The molecule has 31 heavy (non-hydrogen) atoms. The second-order valence-corrected chi connectivity index (χ2v) is 8.40. The molecule has 164 valence electrons. The van der Waals surface area contributed by atoms with E-state index in [1.54, 1.807) is 31.2 Å². The van der Waals surface area contributed by atoms with Gasteiger partial charge < -0.3 is 10.3 Å². The Bertz CT molecular complexity index is 1200. The first-order chi connectivity index (χ1) is 14.5. The van der Waals surface area contributed by atoms with Crippen molar-refractivity contribution >= 4 is 27.3 Å². The number of aryl methyl sites for hydroxylation is 2. The Morgan fingerprint density at radius 3 is 2.32 bits per heavy atom. The molecule has 0 unspecified atom stereocenters. The number of aromatic nitrogens is 2. The van der Waals surface area contributed by atoms with Gasteiger partial charge in [0.05, 0.1) is 11.1 Å². The first kappa shape index (κ1) is 22.3. The summed E-state index contributed by atoms with van der Waals surface area (Å²) in [4.78, 5) is 17.3. The van der Waals surface area contributed by atoms with Crippen LogP contribution in [0.2, 0.25) is 0 Å². The minimum absolute atomic E-state index is 0.0473. The van der Waals surface area contributed by atoms with Crippen LogP contribution in [0, 0.1) is 6.92 Å². The first-order valence-corrected chi connectivity index (χ1v) is 10.6. The van der Waals surface area contributed by atoms with Gasteiger partial charge in [0.15, 0.2) is 0 Å². The molecule has 0 saturated carbocycles. The number of nitrogens with one attached hydrogen (secondary N) is 3. The molecule has 0 aliphatic carbocycles. The molecule has 0 aliphatic rings. The fourth-order valence-electron chi connectivity index (χ4n) is 2.79. The quantitative estimate of drug-likeness (QED) is 0.517. The highest BCUT2D eigenvalue weighted by atomic mass is 32.2. The highest BCUT2D eigenvalue weighted by molar-refractivity contribution is 7.92. The number of hydrogen-bond acceptors (Lipinski definition) is 4. The molecule has 2 aromatic carbocycles. The number of alkyl halides is 3. The van der Waals surface area contributed by atoms with Crippen molar-refractivity contribution in [1.29, 1.82) is 0 Å². The molecule has 0 radical (unpaired) electrons. The summed E-state index contributed by atoms with van der Waals surface area (Å²) in [5, 5.41) is 2.39. The maximum absolute atomic E-state index is 12.9. The molecule has 1 heterocycles. The normalized spacial score (nSPS) is 11.9. The molecule has 0 bridgehead atoms. The van der Waals surface area contributed by atoms with Crippen LogP contribution in [0.5, 0.6) is 0 Å². The van der Waals surface area contributed by atoms with E-state index in [2.05, 4.69) is 15.0 Å². The number of aromatic amines is 1. The van der Waals surface area contributed by atoms with Crippen LogP contribution in [0.4, 0.5) is 24.5 Å². The number of anilines is 2. The van der Waals surface area contributed by atoms with Crippen LogP contribution in [0.3, 0.4) is 0 Å². The van der Waals surface area contributed by atoms with Gasteiger partial charge >= 0.3 is 6.18 Å². The number of carbonyl (C=O) groups excluding carboxylic acids is 1. The lowest BCUT2D eigenvalue weighted by molar-refractivity contribution is -0.144. The molecule has 0 fully saturated rings. The van der Waals surface area contributed by atoms with Crippen molar-refractivity contribution in [2.24, 2.45) is 0 Å². The molecular weight excluding hydrogens is 433 g/mol. The van der Waals surface area contributed by atoms with Gasteiger partial charge in [-0.25, -0.2) is 13.4 Å². The third kappa shape index (κ3) is 5.23. The maximum atomic E-state index is 12.9. The Labute approximate surface area is 176 Å². The molecule has 1 amide bonds. The fourth-order valence-corrected chi connectivity index (χ4v) is 4.18. The van der Waals surface area contributed by atoms with E-state index < -0.39 is 33.6 Å². The number of halogens is 3. The first-order valence-electron chi connectivity index (χ1n) is 9.15. The summed E-state index contributed by atoms with van der Waals surface area (Å²) in [5.41, 5.74) is 1.55. The molecule has 3 N–H and O–H groups in total. The highest BCUT2D eigenvalue weighted by Crippen LogP contribution is 2.27. The molecule has 0 saturated heterocycles. The summed E-state index contributed by atoms with van der Waals surface area (Å²) in [5.74, 6) is -2.19. The van der Waals surface area contributed by atoms with E-state index in [0.29, 0.717) is 17.7 Å². The van der Waals surface area contributed by atoms with Gasteiger partial charge in [0.25, 0.3) is 15.9 Å². The summed E-state index contributed by atoms with van der Waals surface area (Å²) in [6.45, 7) is 3.65. The van der Waals surface area contributed by atoms with E-state index in [4.69, 9.17) is 0 Å². The molecule has 11 heteroatoms. The van der Waals surface area contributed by atoms with Crippen molar-refractivity contribution in [2.75, 3.05) is 10.0 Å². The second-order valence-electron chi connectivity index (χ2n) is 6.74. The number of rotatable bonds is 6. The summed E-state index contributed by atoms with van der Waals surface area (Å²) in [6.07, 6.45) is -3.55. The number of imidazole rings is 1. The lowest BCUT2D eigenvalue weighted by Gasteiger charge is -2.14. The van der Waals surface area contributed by atoms with Gasteiger partial charge in [0, 0.05) is 11.4 Å². The minimum atomic E-state index is -4.72. The van der Waals surface area contributed by atoms with E-state index >= 15 is 0 Å². The predicted octanol–water partition coefficient (Wildman–Crippen LogP) is 4.35. The molecule has 0 aliphatic heterocycles. The fraction of sp³-hybridized carbons (Fsp3) is 0.200. The molecule has 0 spiro atoms. The maximum Gasteiger partial charge on any atom is 0.449 e. The van der Waals surface area contributed by atoms with Gasteiger partial charge in [-0.3, -0.25) is 9.52 Å². The highest BCUT2D eigenvalue weighted by Gasteiger charge is 2.35. The topological polar surface area (TPSA) is 104 Å². The van der Waals surface area contributed by atoms with Crippen molar-refractivity contribution in [1.82, 2.24) is 9.97 Å². The van der Waals surface area contributed by atoms with Crippen LogP contribution < -0.4 is 10.0 Å². The average Bonchev–Trinajstić information content (AvgIpc) is 3.20. The van der Waals surface area contributed by atoms with Gasteiger partial charge in [-0.05, 0) is 43.2 Å². The molecule has 0 atom stereocenters. The summed E-state index contributed by atoms with van der Waals surface area (Å²) in [7, 11) is -3.98. The summed E-state index contributed by atoms with van der Waals surface area (Å²) in [6, 6.07) is 11.0. The number of nitrogens with zero attached hydrogens (tertiary/aromatic N) is 1. The van der Waals surface area contributed by atoms with Crippen molar-refractivity contribution < 1.29 is 26.4 Å². The lowest BCUT2D eigenvalue weighted by atomic mass is 10.1. The van der Waals surface area contributed by atoms with Crippen LogP contribution >= 0.6 is 0 Å². The zero-order valence-electron chi connectivity index (χ0n) is 16.5. The van der Waals surface area contributed by atoms with E-state index in [1.165, 1.54) is 18.2 Å². The van der Waals surface area contributed by atoms with Gasteiger partial charge in [-0.2, -0.15) is 13.2 Å². The Morgan fingerprint density at radius 1 is 1.10 bits per heavy atom. The number of hydrogen-bond donors (Lipinski definition) is 3. The largest absolute Gasteiger partial charge is 0.449 e. The number of H-pyrrole nitrogens is 1. The van der Waals surface area contributed by atoms with E-state index in [9.17, 15) is 26.4 Å². The monoisotopic (exact) mass is 452 g/mol. The van der Waals surface area contributed by atoms with E-state index in [0.717, 1.165) is 11.8 Å². The number of sulfonamides is 1. The third-order valence-electron chi connectivity index (χ3n) is 4.39. The van der Waals surface area contributed by atoms with Crippen molar-refractivity contribution in [3.63, 3.8) is 0 Å². The van der Waals surface area contributed by atoms with Gasteiger partial charge in [-0.1, -0.05) is 30.7 Å². The Hall–Kier alpha value is -3.34.